The molecule has 3 N–H and O–H groups in total. The number of rotatable bonds is 3. The summed E-state index contributed by atoms with van der Waals surface area (Å²) in [5.41, 5.74) is 12.6. The Hall–Kier alpha value is -3.51. The molecule has 4 aliphatic heterocycles. The van der Waals surface area contributed by atoms with E-state index < -0.39 is 5.54 Å². The Kier molecular flexibility index (Phi) is 4.59. The minimum atomic E-state index is -0.439. The van der Waals surface area contributed by atoms with Crippen LogP contribution in [0, 0.1) is 0 Å². The SMILES string of the molecule is CN1CCCC1C1=CN(c2cc3c4c(c2)C(=O)NNC=C4C(C)(c2ccccc2)N3)CC=C1. The molecule has 33 heavy (non-hydrogen) atoms. The molecule has 2 aromatic carbocycles. The number of nitrogens with one attached hydrogen (secondary N) is 3. The second-order valence-corrected chi connectivity index (χ2v) is 9.51. The largest absolute Gasteiger partial charge is 0.371 e. The van der Waals surface area contributed by atoms with Gasteiger partial charge >= 0.3 is 0 Å². The molecule has 0 saturated carbocycles. The van der Waals surface area contributed by atoms with E-state index in [1.807, 2.05) is 18.3 Å². The molecule has 1 saturated heterocycles. The summed E-state index contributed by atoms with van der Waals surface area (Å²) in [5.74, 6) is -0.120. The van der Waals surface area contributed by atoms with Crippen molar-refractivity contribution in [3.8, 4) is 0 Å². The Balaban J connectivity index is 1.44. The van der Waals surface area contributed by atoms with Crippen molar-refractivity contribution in [2.24, 2.45) is 0 Å². The first-order valence-electron chi connectivity index (χ1n) is 11.7. The monoisotopic (exact) mass is 439 g/mol. The van der Waals surface area contributed by atoms with E-state index in [9.17, 15) is 4.79 Å². The molecule has 4 aliphatic rings. The summed E-state index contributed by atoms with van der Waals surface area (Å²) in [6.45, 7) is 4.10. The zero-order chi connectivity index (χ0) is 22.6. The second kappa shape index (κ2) is 7.52. The van der Waals surface area contributed by atoms with Gasteiger partial charge in [-0.25, -0.2) is 0 Å². The van der Waals surface area contributed by atoms with Gasteiger partial charge < -0.3 is 15.6 Å². The number of likely N-dealkylation sites (tertiary alicyclic amines) is 1. The highest BCUT2D eigenvalue weighted by Crippen LogP contribution is 2.50. The van der Waals surface area contributed by atoms with Crippen LogP contribution in [0.25, 0.3) is 5.57 Å². The maximum atomic E-state index is 13.0. The highest BCUT2D eigenvalue weighted by Gasteiger charge is 2.42. The molecule has 4 heterocycles. The Bertz CT molecular complexity index is 1210. The van der Waals surface area contributed by atoms with E-state index in [-0.39, 0.29) is 5.91 Å². The second-order valence-electron chi connectivity index (χ2n) is 9.51. The fourth-order valence-corrected chi connectivity index (χ4v) is 5.69. The van der Waals surface area contributed by atoms with Crippen molar-refractivity contribution in [3.05, 3.63) is 89.3 Å². The van der Waals surface area contributed by atoms with E-state index in [0.29, 0.717) is 11.6 Å². The molecule has 0 bridgehead atoms. The fraction of sp³-hybridized carbons (Fsp3) is 0.296. The summed E-state index contributed by atoms with van der Waals surface area (Å²) >= 11 is 0. The zero-order valence-electron chi connectivity index (χ0n) is 19.1. The van der Waals surface area contributed by atoms with Gasteiger partial charge in [0, 0.05) is 47.5 Å². The minimum Gasteiger partial charge on any atom is -0.371 e. The van der Waals surface area contributed by atoms with Gasteiger partial charge in [-0.05, 0) is 56.6 Å². The number of hydrogen-bond donors (Lipinski definition) is 3. The van der Waals surface area contributed by atoms with Crippen molar-refractivity contribution in [1.29, 1.82) is 0 Å². The van der Waals surface area contributed by atoms with Gasteiger partial charge in [0.15, 0.2) is 0 Å². The van der Waals surface area contributed by atoms with Gasteiger partial charge in [-0.2, -0.15) is 0 Å². The van der Waals surface area contributed by atoms with Crippen LogP contribution in [-0.2, 0) is 5.54 Å². The van der Waals surface area contributed by atoms with Crippen LogP contribution >= 0.6 is 0 Å². The zero-order valence-corrected chi connectivity index (χ0v) is 19.1. The van der Waals surface area contributed by atoms with Crippen LogP contribution in [0.3, 0.4) is 0 Å². The predicted molar refractivity (Wildman–Crippen MR) is 133 cm³/mol. The van der Waals surface area contributed by atoms with Crippen molar-refractivity contribution in [3.63, 3.8) is 0 Å². The Labute approximate surface area is 194 Å². The molecule has 1 amide bonds. The number of benzene rings is 2. The Morgan fingerprint density at radius 3 is 2.79 bits per heavy atom. The molecule has 168 valence electrons. The highest BCUT2D eigenvalue weighted by atomic mass is 16.2. The molecule has 0 aromatic heterocycles. The molecule has 2 aromatic rings. The summed E-state index contributed by atoms with van der Waals surface area (Å²) in [4.78, 5) is 17.7. The maximum Gasteiger partial charge on any atom is 0.270 e. The Morgan fingerprint density at radius 2 is 2.00 bits per heavy atom. The molecule has 0 spiro atoms. The Morgan fingerprint density at radius 1 is 1.15 bits per heavy atom. The van der Waals surface area contributed by atoms with Crippen molar-refractivity contribution in [2.45, 2.75) is 31.3 Å². The molecule has 0 radical (unpaired) electrons. The maximum absolute atomic E-state index is 13.0. The third-order valence-corrected chi connectivity index (χ3v) is 7.47. The van der Waals surface area contributed by atoms with Crippen LogP contribution in [0.5, 0.6) is 0 Å². The summed E-state index contributed by atoms with van der Waals surface area (Å²) < 4.78 is 0. The summed E-state index contributed by atoms with van der Waals surface area (Å²) in [6.07, 6.45) is 11.1. The third-order valence-electron chi connectivity index (χ3n) is 7.47. The fourth-order valence-electron chi connectivity index (χ4n) is 5.69. The van der Waals surface area contributed by atoms with E-state index in [2.05, 4.69) is 88.6 Å². The van der Waals surface area contributed by atoms with E-state index in [4.69, 9.17) is 0 Å². The summed E-state index contributed by atoms with van der Waals surface area (Å²) in [5, 5.41) is 3.75. The van der Waals surface area contributed by atoms with E-state index in [1.54, 1.807) is 0 Å². The number of amides is 1. The van der Waals surface area contributed by atoms with Gasteiger partial charge in [0.1, 0.15) is 0 Å². The van der Waals surface area contributed by atoms with Crippen molar-refractivity contribution in [2.75, 3.05) is 30.4 Å². The first-order chi connectivity index (χ1) is 16.0. The normalized spacial score (nSPS) is 26.1. The van der Waals surface area contributed by atoms with Crippen LogP contribution < -0.4 is 21.1 Å². The number of anilines is 2. The topological polar surface area (TPSA) is 59.6 Å². The summed E-state index contributed by atoms with van der Waals surface area (Å²) in [7, 11) is 2.20. The van der Waals surface area contributed by atoms with Gasteiger partial charge in [0.25, 0.3) is 5.91 Å². The van der Waals surface area contributed by atoms with Crippen molar-refractivity contribution >= 4 is 22.9 Å². The molecule has 6 rings (SSSR count). The van der Waals surface area contributed by atoms with Gasteiger partial charge in [-0.3, -0.25) is 15.1 Å². The molecule has 2 atom stereocenters. The number of carbonyl (C=O) groups excluding carboxylic acids is 1. The van der Waals surface area contributed by atoms with Crippen LogP contribution in [0.4, 0.5) is 11.4 Å². The molecule has 6 nitrogen and oxygen atoms in total. The number of nitrogens with zero attached hydrogens (tertiary/aromatic N) is 2. The van der Waals surface area contributed by atoms with Gasteiger partial charge in [-0.15, -0.1) is 0 Å². The molecule has 6 heteroatoms. The number of hydrogen-bond acceptors (Lipinski definition) is 5. The standard InChI is InChI=1S/C27H29N5O/c1-27(19-9-4-3-5-10-19)22-16-28-30-26(33)21-14-20(15-23(29-27)25(21)22)32-13-6-8-18(17-32)24-11-7-12-31(24)2/h3-6,8-10,14-17,24,28-29H,7,11-13H2,1-2H3,(H,30,33). The molecule has 0 aliphatic carbocycles. The molecular weight excluding hydrogens is 410 g/mol. The average molecular weight is 440 g/mol. The van der Waals surface area contributed by atoms with E-state index >= 15 is 0 Å². The lowest BCUT2D eigenvalue weighted by Gasteiger charge is -2.29. The van der Waals surface area contributed by atoms with Gasteiger partial charge in [0.05, 0.1) is 11.1 Å². The van der Waals surface area contributed by atoms with E-state index in [0.717, 1.165) is 41.2 Å². The van der Waals surface area contributed by atoms with E-state index in [1.165, 1.54) is 18.4 Å². The molecular formula is C27H29N5O. The average Bonchev–Trinajstić information content (AvgIpc) is 3.34. The lowest BCUT2D eigenvalue weighted by molar-refractivity contribution is 0.0942. The highest BCUT2D eigenvalue weighted by molar-refractivity contribution is 6.07. The summed E-state index contributed by atoms with van der Waals surface area (Å²) in [6, 6.07) is 15.1. The van der Waals surface area contributed by atoms with Crippen LogP contribution in [0.1, 0.15) is 41.3 Å². The van der Waals surface area contributed by atoms with Crippen molar-refractivity contribution in [1.82, 2.24) is 15.8 Å². The van der Waals surface area contributed by atoms with Crippen LogP contribution in [0.15, 0.2) is 72.6 Å². The predicted octanol–water partition coefficient (Wildman–Crippen LogP) is 3.97. The van der Waals surface area contributed by atoms with Gasteiger partial charge in [-0.1, -0.05) is 42.5 Å². The third kappa shape index (κ3) is 3.16. The number of hydrazine groups is 1. The van der Waals surface area contributed by atoms with Crippen LogP contribution in [0.2, 0.25) is 0 Å². The molecule has 2 unspecified atom stereocenters. The number of likely N-dealkylation sites (N-methyl/N-ethyl adjacent to an activating group) is 1. The van der Waals surface area contributed by atoms with Crippen molar-refractivity contribution < 1.29 is 4.79 Å². The quantitative estimate of drug-likeness (QED) is 0.676. The first-order valence-corrected chi connectivity index (χ1v) is 11.7. The number of carbonyl (C=O) groups is 1. The lowest BCUT2D eigenvalue weighted by Crippen LogP contribution is -2.34. The minimum absolute atomic E-state index is 0.120. The smallest absolute Gasteiger partial charge is 0.270 e. The molecule has 1 fully saturated rings. The first kappa shape index (κ1) is 20.1. The lowest BCUT2D eigenvalue weighted by atomic mass is 9.83. The van der Waals surface area contributed by atoms with Gasteiger partial charge in [0.2, 0.25) is 0 Å². The van der Waals surface area contributed by atoms with Crippen LogP contribution in [-0.4, -0.2) is 37.0 Å².